The van der Waals surface area contributed by atoms with Crippen LogP contribution in [0, 0.1) is 0 Å². The molecule has 1 heterocycles. The highest BCUT2D eigenvalue weighted by Crippen LogP contribution is 2.31. The topological polar surface area (TPSA) is 89.8 Å². The lowest BCUT2D eigenvalue weighted by atomic mass is 10.1. The molecular formula is C13H15N5S. The number of hydrogen-bond donors (Lipinski definition) is 3. The summed E-state index contributed by atoms with van der Waals surface area (Å²) in [5, 5.41) is 0.790. The molecule has 0 radical (unpaired) electrons. The number of nitrogens with zero attached hydrogens (tertiary/aromatic N) is 2. The normalized spacial score (nSPS) is 13.3. The summed E-state index contributed by atoms with van der Waals surface area (Å²) in [6.45, 7) is 0. The third-order valence-corrected chi connectivity index (χ3v) is 4.07. The Labute approximate surface area is 115 Å². The van der Waals surface area contributed by atoms with Crippen LogP contribution >= 0.6 is 11.8 Å². The van der Waals surface area contributed by atoms with Crippen LogP contribution in [0.15, 0.2) is 34.2 Å². The van der Waals surface area contributed by atoms with Gasteiger partial charge in [-0.15, -0.1) is 0 Å². The number of nitrogens with one attached hydrogen (secondary N) is 1. The number of benzene rings is 1. The first-order chi connectivity index (χ1) is 9.24. The minimum absolute atomic E-state index is 0.221. The molecule has 0 amide bonds. The molecule has 0 fully saturated rings. The van der Waals surface area contributed by atoms with Crippen LogP contribution in [0.3, 0.4) is 0 Å². The average molecular weight is 273 g/mol. The van der Waals surface area contributed by atoms with Crippen LogP contribution in [0.2, 0.25) is 0 Å². The Balaban J connectivity index is 1.86. The van der Waals surface area contributed by atoms with Crippen LogP contribution in [0.25, 0.3) is 0 Å². The van der Waals surface area contributed by atoms with Crippen molar-refractivity contribution < 1.29 is 0 Å². The van der Waals surface area contributed by atoms with Gasteiger partial charge in [-0.3, -0.25) is 0 Å². The van der Waals surface area contributed by atoms with E-state index < -0.39 is 0 Å². The number of nitrogens with two attached hydrogens (primary N) is 2. The van der Waals surface area contributed by atoms with E-state index in [1.165, 1.54) is 35.3 Å². The van der Waals surface area contributed by atoms with E-state index in [9.17, 15) is 0 Å². The molecule has 0 aliphatic heterocycles. The van der Waals surface area contributed by atoms with Gasteiger partial charge < -0.3 is 11.2 Å². The van der Waals surface area contributed by atoms with Gasteiger partial charge in [0.2, 0.25) is 5.95 Å². The largest absolute Gasteiger partial charge is 0.368 e. The Morgan fingerprint density at radius 3 is 2.79 bits per heavy atom. The molecule has 0 bridgehead atoms. The van der Waals surface area contributed by atoms with E-state index in [1.807, 2.05) is 0 Å². The molecule has 0 spiro atoms. The zero-order valence-corrected chi connectivity index (χ0v) is 11.2. The van der Waals surface area contributed by atoms with Gasteiger partial charge in [0.15, 0.2) is 0 Å². The van der Waals surface area contributed by atoms with E-state index in [1.54, 1.807) is 17.8 Å². The highest BCUT2D eigenvalue weighted by Gasteiger charge is 2.12. The summed E-state index contributed by atoms with van der Waals surface area (Å²) in [5.74, 6) is 6.10. The van der Waals surface area contributed by atoms with E-state index in [2.05, 4.69) is 33.6 Å². The smallest absolute Gasteiger partial charge is 0.223 e. The second-order valence-corrected chi connectivity index (χ2v) is 5.57. The van der Waals surface area contributed by atoms with Crippen molar-refractivity contribution in [2.75, 3.05) is 11.2 Å². The van der Waals surface area contributed by atoms with Gasteiger partial charge in [-0.2, -0.15) is 4.98 Å². The predicted octanol–water partition coefficient (Wildman–Crippen LogP) is 1.98. The molecule has 0 unspecified atom stereocenters. The van der Waals surface area contributed by atoms with E-state index in [-0.39, 0.29) is 5.95 Å². The maximum atomic E-state index is 5.65. The predicted molar refractivity (Wildman–Crippen MR) is 76.8 cm³/mol. The molecule has 1 aromatic carbocycles. The molecule has 5 N–H and O–H groups in total. The molecule has 5 nitrogen and oxygen atoms in total. The molecule has 6 heteroatoms. The zero-order chi connectivity index (χ0) is 13.2. The molecule has 0 atom stereocenters. The highest BCUT2D eigenvalue weighted by molar-refractivity contribution is 7.99. The van der Waals surface area contributed by atoms with Crippen molar-refractivity contribution in [1.82, 2.24) is 9.97 Å². The van der Waals surface area contributed by atoms with Gasteiger partial charge >= 0.3 is 0 Å². The highest BCUT2D eigenvalue weighted by atomic mass is 32.2. The second-order valence-electron chi connectivity index (χ2n) is 4.48. The second kappa shape index (κ2) is 5.07. The van der Waals surface area contributed by atoms with E-state index in [0.717, 1.165) is 5.03 Å². The Morgan fingerprint density at radius 1 is 1.11 bits per heavy atom. The molecule has 19 heavy (non-hydrogen) atoms. The summed E-state index contributed by atoms with van der Waals surface area (Å²) < 4.78 is 0. The van der Waals surface area contributed by atoms with E-state index >= 15 is 0 Å². The summed E-state index contributed by atoms with van der Waals surface area (Å²) in [6, 6.07) is 8.36. The van der Waals surface area contributed by atoms with Crippen molar-refractivity contribution in [2.45, 2.75) is 29.2 Å². The number of hydrazine groups is 1. The maximum absolute atomic E-state index is 5.65. The van der Waals surface area contributed by atoms with Crippen molar-refractivity contribution in [3.05, 3.63) is 35.4 Å². The van der Waals surface area contributed by atoms with Gasteiger partial charge in [0.1, 0.15) is 10.8 Å². The van der Waals surface area contributed by atoms with Crippen molar-refractivity contribution >= 4 is 23.5 Å². The lowest BCUT2D eigenvalue weighted by Gasteiger charge is -2.06. The molecule has 1 aliphatic rings. The molecule has 1 aromatic heterocycles. The first-order valence-corrected chi connectivity index (χ1v) is 6.97. The lowest BCUT2D eigenvalue weighted by molar-refractivity contribution is 0.911. The quantitative estimate of drug-likeness (QED) is 0.450. The number of aryl methyl sites for hydroxylation is 2. The standard InChI is InChI=1S/C13H15N5S/c14-13-16-11(18-15)7-12(17-13)19-10-5-4-8-2-1-3-9(8)6-10/h4-7H,1-3,15H2,(H3,14,16,17,18). The first kappa shape index (κ1) is 12.3. The summed E-state index contributed by atoms with van der Waals surface area (Å²) in [5.41, 5.74) is 11.1. The minimum Gasteiger partial charge on any atom is -0.368 e. The van der Waals surface area contributed by atoms with Crippen LogP contribution < -0.4 is 17.0 Å². The number of aromatic nitrogens is 2. The fourth-order valence-corrected chi connectivity index (χ4v) is 3.19. The third kappa shape index (κ3) is 2.64. The van der Waals surface area contributed by atoms with Gasteiger partial charge in [0, 0.05) is 11.0 Å². The van der Waals surface area contributed by atoms with Crippen LogP contribution in [0.5, 0.6) is 0 Å². The number of nitrogen functional groups attached to an aromatic ring is 2. The summed E-state index contributed by atoms with van der Waals surface area (Å²) in [4.78, 5) is 9.34. The van der Waals surface area contributed by atoms with Gasteiger partial charge in [-0.05, 0) is 42.5 Å². The van der Waals surface area contributed by atoms with Crippen LogP contribution in [0.1, 0.15) is 17.5 Å². The van der Waals surface area contributed by atoms with Gasteiger partial charge in [-0.25, -0.2) is 10.8 Å². The van der Waals surface area contributed by atoms with Crippen LogP contribution in [-0.2, 0) is 12.8 Å². The lowest BCUT2D eigenvalue weighted by Crippen LogP contribution is -2.10. The van der Waals surface area contributed by atoms with Gasteiger partial charge in [0.05, 0.1) is 0 Å². The fourth-order valence-electron chi connectivity index (χ4n) is 2.30. The number of fused-ring (bicyclic) bond motifs is 1. The Morgan fingerprint density at radius 2 is 1.95 bits per heavy atom. The van der Waals surface area contributed by atoms with Crippen molar-refractivity contribution in [1.29, 1.82) is 0 Å². The average Bonchev–Trinajstić information content (AvgIpc) is 2.85. The molecule has 0 saturated carbocycles. The molecule has 3 rings (SSSR count). The Hall–Kier alpha value is -1.79. The number of rotatable bonds is 3. The molecule has 1 aliphatic carbocycles. The minimum atomic E-state index is 0.221. The fraction of sp³-hybridized carbons (Fsp3) is 0.231. The molecule has 0 saturated heterocycles. The maximum Gasteiger partial charge on any atom is 0.223 e. The SMILES string of the molecule is NNc1cc(Sc2ccc3c(c2)CCC3)nc(N)n1. The monoisotopic (exact) mass is 273 g/mol. The van der Waals surface area contributed by atoms with Crippen molar-refractivity contribution in [3.63, 3.8) is 0 Å². The molecular weight excluding hydrogens is 258 g/mol. The van der Waals surface area contributed by atoms with Crippen molar-refractivity contribution in [3.8, 4) is 0 Å². The van der Waals surface area contributed by atoms with Crippen LogP contribution in [-0.4, -0.2) is 9.97 Å². The van der Waals surface area contributed by atoms with Crippen molar-refractivity contribution in [2.24, 2.45) is 5.84 Å². The van der Waals surface area contributed by atoms with Gasteiger partial charge in [0.25, 0.3) is 0 Å². The summed E-state index contributed by atoms with van der Waals surface area (Å²) in [6.07, 6.45) is 3.62. The number of anilines is 2. The third-order valence-electron chi connectivity index (χ3n) is 3.16. The summed E-state index contributed by atoms with van der Waals surface area (Å²) >= 11 is 1.57. The first-order valence-electron chi connectivity index (χ1n) is 6.15. The van der Waals surface area contributed by atoms with Gasteiger partial charge in [-0.1, -0.05) is 17.8 Å². The van der Waals surface area contributed by atoms with E-state index in [0.29, 0.717) is 5.82 Å². The Bertz CT molecular complexity index is 614. The van der Waals surface area contributed by atoms with Crippen LogP contribution in [0.4, 0.5) is 11.8 Å². The molecule has 98 valence electrons. The number of hydrogen-bond acceptors (Lipinski definition) is 6. The van der Waals surface area contributed by atoms with E-state index in [4.69, 9.17) is 11.6 Å². The summed E-state index contributed by atoms with van der Waals surface area (Å²) in [7, 11) is 0. The molecule has 2 aromatic rings. The zero-order valence-electron chi connectivity index (χ0n) is 10.4. The Kier molecular flexibility index (Phi) is 3.27.